The molecule has 0 fully saturated rings. The first kappa shape index (κ1) is 15.8. The summed E-state index contributed by atoms with van der Waals surface area (Å²) < 4.78 is 5.27. The second-order valence-corrected chi connectivity index (χ2v) is 5.96. The number of phenols is 1. The van der Waals surface area contributed by atoms with E-state index in [0.717, 1.165) is 0 Å². The number of hydrogen-bond acceptors (Lipinski definition) is 4. The molecule has 0 amide bonds. The van der Waals surface area contributed by atoms with Gasteiger partial charge in [-0.3, -0.25) is 4.79 Å². The lowest BCUT2D eigenvalue weighted by atomic mass is 10.0. The van der Waals surface area contributed by atoms with Crippen LogP contribution in [-0.2, 0) is 4.74 Å². The standard InChI is InChI=1S/C18H18O4/c1-18(2,3)22-17(21)14-6-4-12(5-7-14)16(20)13-8-10-15(19)11-9-13/h4-11,19H,1-3H3. The molecule has 0 aliphatic carbocycles. The molecule has 0 aliphatic rings. The number of rotatable bonds is 3. The van der Waals surface area contributed by atoms with Gasteiger partial charge in [-0.25, -0.2) is 4.79 Å². The fraction of sp³-hybridized carbons (Fsp3) is 0.222. The van der Waals surface area contributed by atoms with Gasteiger partial charge in [0, 0.05) is 11.1 Å². The molecular formula is C18H18O4. The van der Waals surface area contributed by atoms with E-state index < -0.39 is 11.6 Å². The van der Waals surface area contributed by atoms with Crippen LogP contribution in [0.25, 0.3) is 0 Å². The van der Waals surface area contributed by atoms with Gasteiger partial charge < -0.3 is 9.84 Å². The molecule has 0 aromatic heterocycles. The average molecular weight is 298 g/mol. The monoisotopic (exact) mass is 298 g/mol. The van der Waals surface area contributed by atoms with Crippen LogP contribution in [-0.4, -0.2) is 22.5 Å². The maximum Gasteiger partial charge on any atom is 0.338 e. The molecule has 0 unspecified atom stereocenters. The summed E-state index contributed by atoms with van der Waals surface area (Å²) >= 11 is 0. The summed E-state index contributed by atoms with van der Waals surface area (Å²) in [4.78, 5) is 24.2. The van der Waals surface area contributed by atoms with Crippen molar-refractivity contribution in [3.63, 3.8) is 0 Å². The van der Waals surface area contributed by atoms with Crippen molar-refractivity contribution >= 4 is 11.8 Å². The minimum absolute atomic E-state index is 0.108. The van der Waals surface area contributed by atoms with E-state index in [-0.39, 0.29) is 11.5 Å². The van der Waals surface area contributed by atoms with Crippen molar-refractivity contribution in [1.82, 2.24) is 0 Å². The van der Waals surface area contributed by atoms with Crippen LogP contribution in [0.2, 0.25) is 0 Å². The van der Waals surface area contributed by atoms with E-state index in [2.05, 4.69) is 0 Å². The van der Waals surface area contributed by atoms with E-state index >= 15 is 0 Å². The van der Waals surface area contributed by atoms with Crippen molar-refractivity contribution in [3.05, 3.63) is 65.2 Å². The van der Waals surface area contributed by atoms with E-state index in [4.69, 9.17) is 4.74 Å². The Morgan fingerprint density at radius 1 is 0.818 bits per heavy atom. The number of ether oxygens (including phenoxy) is 1. The molecular weight excluding hydrogens is 280 g/mol. The lowest BCUT2D eigenvalue weighted by molar-refractivity contribution is 0.00693. The fourth-order valence-electron chi connectivity index (χ4n) is 1.87. The molecule has 0 aliphatic heterocycles. The maximum absolute atomic E-state index is 12.3. The zero-order valence-corrected chi connectivity index (χ0v) is 12.8. The molecule has 22 heavy (non-hydrogen) atoms. The molecule has 0 saturated heterocycles. The van der Waals surface area contributed by atoms with Gasteiger partial charge in [-0.1, -0.05) is 12.1 Å². The Hall–Kier alpha value is -2.62. The van der Waals surface area contributed by atoms with Crippen molar-refractivity contribution in [1.29, 1.82) is 0 Å². The van der Waals surface area contributed by atoms with Gasteiger partial charge in [0.05, 0.1) is 5.56 Å². The molecule has 2 rings (SSSR count). The van der Waals surface area contributed by atoms with Crippen LogP contribution in [0.5, 0.6) is 5.75 Å². The topological polar surface area (TPSA) is 63.6 Å². The van der Waals surface area contributed by atoms with E-state index in [1.807, 2.05) is 0 Å². The molecule has 0 heterocycles. The highest BCUT2D eigenvalue weighted by molar-refractivity contribution is 6.09. The summed E-state index contributed by atoms with van der Waals surface area (Å²) in [6.07, 6.45) is 0. The first-order valence-corrected chi connectivity index (χ1v) is 6.93. The molecule has 2 aromatic carbocycles. The molecule has 4 heteroatoms. The molecule has 114 valence electrons. The molecule has 0 radical (unpaired) electrons. The summed E-state index contributed by atoms with van der Waals surface area (Å²) in [6, 6.07) is 12.4. The molecule has 0 bridgehead atoms. The van der Waals surface area contributed by atoms with E-state index in [9.17, 15) is 14.7 Å². The quantitative estimate of drug-likeness (QED) is 0.695. The molecule has 0 spiro atoms. The molecule has 0 saturated carbocycles. The van der Waals surface area contributed by atoms with Gasteiger partial charge in [0.15, 0.2) is 5.78 Å². The third kappa shape index (κ3) is 3.95. The number of carbonyl (C=O) groups excluding carboxylic acids is 2. The van der Waals surface area contributed by atoms with Crippen LogP contribution in [0.15, 0.2) is 48.5 Å². The van der Waals surface area contributed by atoms with E-state index in [0.29, 0.717) is 16.7 Å². The third-order valence-electron chi connectivity index (χ3n) is 2.91. The molecule has 1 N–H and O–H groups in total. The van der Waals surface area contributed by atoms with Crippen LogP contribution >= 0.6 is 0 Å². The second kappa shape index (κ2) is 6.02. The SMILES string of the molecule is CC(C)(C)OC(=O)c1ccc(C(=O)c2ccc(O)cc2)cc1. The minimum Gasteiger partial charge on any atom is -0.508 e. The molecule has 2 aromatic rings. The van der Waals surface area contributed by atoms with Gasteiger partial charge in [0.2, 0.25) is 0 Å². The van der Waals surface area contributed by atoms with Crippen LogP contribution in [0, 0.1) is 0 Å². The highest BCUT2D eigenvalue weighted by atomic mass is 16.6. The van der Waals surface area contributed by atoms with Crippen molar-refractivity contribution in [2.45, 2.75) is 26.4 Å². The van der Waals surface area contributed by atoms with Gasteiger partial charge in [0.1, 0.15) is 11.4 Å². The van der Waals surface area contributed by atoms with Gasteiger partial charge in [-0.05, 0) is 57.2 Å². The smallest absolute Gasteiger partial charge is 0.338 e. The van der Waals surface area contributed by atoms with Crippen molar-refractivity contribution < 1.29 is 19.4 Å². The fourth-order valence-corrected chi connectivity index (χ4v) is 1.87. The minimum atomic E-state index is -0.558. The maximum atomic E-state index is 12.3. The predicted octanol–water partition coefficient (Wildman–Crippen LogP) is 3.58. The summed E-state index contributed by atoms with van der Waals surface area (Å²) in [5.41, 5.74) is 0.787. The van der Waals surface area contributed by atoms with Gasteiger partial charge >= 0.3 is 5.97 Å². The first-order chi connectivity index (χ1) is 10.3. The highest BCUT2D eigenvalue weighted by Gasteiger charge is 2.18. The number of carbonyl (C=O) groups is 2. The normalized spacial score (nSPS) is 11.0. The largest absolute Gasteiger partial charge is 0.508 e. The Bertz CT molecular complexity index is 677. The van der Waals surface area contributed by atoms with E-state index in [1.54, 1.807) is 57.2 Å². The Balaban J connectivity index is 2.16. The number of esters is 1. The van der Waals surface area contributed by atoms with E-state index in [1.165, 1.54) is 12.1 Å². The third-order valence-corrected chi connectivity index (χ3v) is 2.91. The average Bonchev–Trinajstić information content (AvgIpc) is 2.46. The lowest BCUT2D eigenvalue weighted by Crippen LogP contribution is -2.23. The Morgan fingerprint density at radius 2 is 1.23 bits per heavy atom. The highest BCUT2D eigenvalue weighted by Crippen LogP contribution is 2.16. The van der Waals surface area contributed by atoms with Crippen LogP contribution in [0.3, 0.4) is 0 Å². The van der Waals surface area contributed by atoms with Crippen molar-refractivity contribution in [3.8, 4) is 5.75 Å². The van der Waals surface area contributed by atoms with Gasteiger partial charge in [-0.15, -0.1) is 0 Å². The Kier molecular flexibility index (Phi) is 4.31. The van der Waals surface area contributed by atoms with Crippen molar-refractivity contribution in [2.24, 2.45) is 0 Å². The number of ketones is 1. The zero-order valence-electron chi connectivity index (χ0n) is 12.8. The first-order valence-electron chi connectivity index (χ1n) is 6.93. The number of benzene rings is 2. The number of aromatic hydroxyl groups is 1. The molecule has 0 atom stereocenters. The van der Waals surface area contributed by atoms with Crippen LogP contribution in [0.1, 0.15) is 47.1 Å². The summed E-state index contributed by atoms with van der Waals surface area (Å²) in [6.45, 7) is 5.40. The number of phenolic OH excluding ortho intramolecular Hbond substituents is 1. The Labute approximate surface area is 129 Å². The Morgan fingerprint density at radius 3 is 1.68 bits per heavy atom. The van der Waals surface area contributed by atoms with Crippen LogP contribution in [0.4, 0.5) is 0 Å². The number of hydrogen-bond donors (Lipinski definition) is 1. The molecule has 4 nitrogen and oxygen atoms in total. The summed E-state index contributed by atoms with van der Waals surface area (Å²) in [7, 11) is 0. The second-order valence-electron chi connectivity index (χ2n) is 5.96. The summed E-state index contributed by atoms with van der Waals surface area (Å²) in [5.74, 6) is -0.483. The van der Waals surface area contributed by atoms with Crippen LogP contribution < -0.4 is 0 Å². The lowest BCUT2D eigenvalue weighted by Gasteiger charge is -2.19. The predicted molar refractivity (Wildman–Crippen MR) is 83.1 cm³/mol. The van der Waals surface area contributed by atoms with Crippen molar-refractivity contribution in [2.75, 3.05) is 0 Å². The zero-order chi connectivity index (χ0) is 16.3. The van der Waals surface area contributed by atoms with Gasteiger partial charge in [-0.2, -0.15) is 0 Å². The summed E-state index contributed by atoms with van der Waals surface area (Å²) in [5, 5.41) is 9.24. The van der Waals surface area contributed by atoms with Gasteiger partial charge in [0.25, 0.3) is 0 Å².